The Hall–Kier alpha value is -2.03. The van der Waals surface area contributed by atoms with E-state index in [2.05, 4.69) is 41.1 Å². The molecule has 3 heteroatoms. The van der Waals surface area contributed by atoms with Gasteiger partial charge in [0, 0.05) is 13.6 Å². The molecule has 0 aliphatic heterocycles. The normalized spacial score (nSPS) is 10.4. The van der Waals surface area contributed by atoms with Crippen LogP contribution in [0.5, 0.6) is 0 Å². The van der Waals surface area contributed by atoms with Gasteiger partial charge in [-0.1, -0.05) is 24.3 Å². The number of nitrogens with two attached hydrogens (primary N) is 1. The van der Waals surface area contributed by atoms with Crippen LogP contribution in [0.3, 0.4) is 0 Å². The SMILES string of the molecule is Cc1cc(N(C)Cc2ccccc2C)ncc1N. The highest BCUT2D eigenvalue weighted by atomic mass is 15.2. The summed E-state index contributed by atoms with van der Waals surface area (Å²) in [6.07, 6.45) is 1.72. The van der Waals surface area contributed by atoms with Gasteiger partial charge in [-0.05, 0) is 36.6 Å². The molecule has 0 saturated heterocycles. The van der Waals surface area contributed by atoms with Gasteiger partial charge in [0.25, 0.3) is 0 Å². The summed E-state index contributed by atoms with van der Waals surface area (Å²) in [5, 5.41) is 0. The number of pyridine rings is 1. The molecule has 0 amide bonds. The van der Waals surface area contributed by atoms with Crippen molar-refractivity contribution in [3.8, 4) is 0 Å². The Labute approximate surface area is 108 Å². The minimum Gasteiger partial charge on any atom is -0.397 e. The van der Waals surface area contributed by atoms with E-state index in [4.69, 9.17) is 5.73 Å². The molecule has 0 aliphatic rings. The van der Waals surface area contributed by atoms with Crippen molar-refractivity contribution >= 4 is 11.5 Å². The van der Waals surface area contributed by atoms with Gasteiger partial charge < -0.3 is 10.6 Å². The van der Waals surface area contributed by atoms with E-state index in [9.17, 15) is 0 Å². The third-order valence-corrected chi connectivity index (χ3v) is 3.20. The lowest BCUT2D eigenvalue weighted by atomic mass is 10.1. The second-order valence-electron chi connectivity index (χ2n) is 4.68. The third kappa shape index (κ3) is 2.62. The summed E-state index contributed by atoms with van der Waals surface area (Å²) in [6, 6.07) is 10.4. The Morgan fingerprint density at radius 3 is 2.56 bits per heavy atom. The van der Waals surface area contributed by atoms with Gasteiger partial charge in [0.15, 0.2) is 0 Å². The van der Waals surface area contributed by atoms with Gasteiger partial charge >= 0.3 is 0 Å². The summed E-state index contributed by atoms with van der Waals surface area (Å²) in [5.74, 6) is 0.949. The first-order valence-corrected chi connectivity index (χ1v) is 6.05. The van der Waals surface area contributed by atoms with Gasteiger partial charge in [-0.2, -0.15) is 0 Å². The molecular weight excluding hydrogens is 222 g/mol. The average molecular weight is 241 g/mol. The molecule has 18 heavy (non-hydrogen) atoms. The smallest absolute Gasteiger partial charge is 0.128 e. The number of anilines is 2. The zero-order valence-corrected chi connectivity index (χ0v) is 11.1. The maximum absolute atomic E-state index is 5.78. The minimum absolute atomic E-state index is 0.739. The van der Waals surface area contributed by atoms with E-state index in [-0.39, 0.29) is 0 Å². The predicted molar refractivity (Wildman–Crippen MR) is 76.7 cm³/mol. The number of aryl methyl sites for hydroxylation is 2. The molecule has 2 N–H and O–H groups in total. The van der Waals surface area contributed by atoms with Gasteiger partial charge in [-0.3, -0.25) is 0 Å². The molecule has 2 aromatic rings. The Morgan fingerprint density at radius 2 is 1.89 bits per heavy atom. The summed E-state index contributed by atoms with van der Waals surface area (Å²) in [6.45, 7) is 4.98. The van der Waals surface area contributed by atoms with Gasteiger partial charge in [0.1, 0.15) is 5.82 Å². The van der Waals surface area contributed by atoms with Crippen LogP contribution in [-0.4, -0.2) is 12.0 Å². The van der Waals surface area contributed by atoms with Crippen LogP contribution in [0.15, 0.2) is 36.5 Å². The fraction of sp³-hybridized carbons (Fsp3) is 0.267. The van der Waals surface area contributed by atoms with Gasteiger partial charge in [-0.15, -0.1) is 0 Å². The molecule has 1 heterocycles. The van der Waals surface area contributed by atoms with Gasteiger partial charge in [-0.25, -0.2) is 4.98 Å². The van der Waals surface area contributed by atoms with E-state index < -0.39 is 0 Å². The van der Waals surface area contributed by atoms with Crippen LogP contribution in [0.4, 0.5) is 11.5 Å². The first-order valence-electron chi connectivity index (χ1n) is 6.05. The Balaban J connectivity index is 2.19. The van der Waals surface area contributed by atoms with E-state index in [0.717, 1.165) is 23.6 Å². The fourth-order valence-electron chi connectivity index (χ4n) is 1.88. The van der Waals surface area contributed by atoms with Crippen molar-refractivity contribution in [2.75, 3.05) is 17.7 Å². The maximum Gasteiger partial charge on any atom is 0.128 e. The molecule has 0 unspecified atom stereocenters. The first kappa shape index (κ1) is 12.4. The summed E-state index contributed by atoms with van der Waals surface area (Å²) in [7, 11) is 2.05. The van der Waals surface area contributed by atoms with E-state index >= 15 is 0 Å². The number of hydrogen-bond acceptors (Lipinski definition) is 3. The van der Waals surface area contributed by atoms with E-state index in [1.807, 2.05) is 20.0 Å². The number of aromatic nitrogens is 1. The molecule has 0 aliphatic carbocycles. The van der Waals surface area contributed by atoms with Gasteiger partial charge in [0.05, 0.1) is 11.9 Å². The zero-order valence-electron chi connectivity index (χ0n) is 11.1. The Bertz CT molecular complexity index is 549. The standard InChI is InChI=1S/C15H19N3/c1-11-6-4-5-7-13(11)10-18(3)15-8-12(2)14(16)9-17-15/h4-9H,10,16H2,1-3H3. The minimum atomic E-state index is 0.739. The lowest BCUT2D eigenvalue weighted by Crippen LogP contribution is -2.18. The van der Waals surface area contributed by atoms with E-state index in [1.54, 1.807) is 6.20 Å². The van der Waals surface area contributed by atoms with Crippen LogP contribution in [0, 0.1) is 13.8 Å². The van der Waals surface area contributed by atoms with E-state index in [0.29, 0.717) is 0 Å². The van der Waals surface area contributed by atoms with Crippen LogP contribution in [0.1, 0.15) is 16.7 Å². The number of rotatable bonds is 3. The van der Waals surface area contributed by atoms with Crippen molar-refractivity contribution < 1.29 is 0 Å². The van der Waals surface area contributed by atoms with Crippen molar-refractivity contribution in [2.24, 2.45) is 0 Å². The predicted octanol–water partition coefficient (Wildman–Crippen LogP) is 2.92. The highest BCUT2D eigenvalue weighted by molar-refractivity contribution is 5.52. The monoisotopic (exact) mass is 241 g/mol. The highest BCUT2D eigenvalue weighted by Crippen LogP contribution is 2.18. The number of benzene rings is 1. The van der Waals surface area contributed by atoms with Crippen molar-refractivity contribution in [1.82, 2.24) is 4.98 Å². The quantitative estimate of drug-likeness (QED) is 0.898. The highest BCUT2D eigenvalue weighted by Gasteiger charge is 2.06. The summed E-state index contributed by atoms with van der Waals surface area (Å²) in [5.41, 5.74) is 10.2. The molecule has 1 aromatic carbocycles. The number of hydrogen-bond donors (Lipinski definition) is 1. The van der Waals surface area contributed by atoms with Crippen molar-refractivity contribution in [2.45, 2.75) is 20.4 Å². The summed E-state index contributed by atoms with van der Waals surface area (Å²) in [4.78, 5) is 6.50. The van der Waals surface area contributed by atoms with Crippen LogP contribution in [0.25, 0.3) is 0 Å². The molecule has 2 rings (SSSR count). The van der Waals surface area contributed by atoms with Crippen molar-refractivity contribution in [1.29, 1.82) is 0 Å². The molecule has 0 radical (unpaired) electrons. The molecule has 0 spiro atoms. The van der Waals surface area contributed by atoms with Gasteiger partial charge in [0.2, 0.25) is 0 Å². The zero-order chi connectivity index (χ0) is 13.1. The fourth-order valence-corrected chi connectivity index (χ4v) is 1.88. The van der Waals surface area contributed by atoms with Crippen molar-refractivity contribution in [3.63, 3.8) is 0 Å². The topological polar surface area (TPSA) is 42.2 Å². The second-order valence-corrected chi connectivity index (χ2v) is 4.68. The van der Waals surface area contributed by atoms with Crippen LogP contribution >= 0.6 is 0 Å². The lowest BCUT2D eigenvalue weighted by Gasteiger charge is -2.20. The molecule has 0 atom stereocenters. The van der Waals surface area contributed by atoms with Crippen LogP contribution < -0.4 is 10.6 Å². The second kappa shape index (κ2) is 5.08. The van der Waals surface area contributed by atoms with E-state index in [1.165, 1.54) is 11.1 Å². The largest absolute Gasteiger partial charge is 0.397 e. The molecule has 3 nitrogen and oxygen atoms in total. The molecular formula is C15H19N3. The lowest BCUT2D eigenvalue weighted by molar-refractivity contribution is 0.890. The van der Waals surface area contributed by atoms with Crippen LogP contribution in [0.2, 0.25) is 0 Å². The molecule has 0 fully saturated rings. The first-order chi connectivity index (χ1) is 8.58. The maximum atomic E-state index is 5.78. The molecule has 0 bridgehead atoms. The van der Waals surface area contributed by atoms with Crippen LogP contribution in [-0.2, 0) is 6.54 Å². The number of nitrogens with zero attached hydrogens (tertiary/aromatic N) is 2. The third-order valence-electron chi connectivity index (χ3n) is 3.20. The summed E-state index contributed by atoms with van der Waals surface area (Å²) >= 11 is 0. The molecule has 1 aromatic heterocycles. The number of nitrogen functional groups attached to an aromatic ring is 1. The Kier molecular flexibility index (Phi) is 3.51. The Morgan fingerprint density at radius 1 is 1.17 bits per heavy atom. The summed E-state index contributed by atoms with van der Waals surface area (Å²) < 4.78 is 0. The molecule has 94 valence electrons. The average Bonchev–Trinajstić information content (AvgIpc) is 2.35. The van der Waals surface area contributed by atoms with Crippen molar-refractivity contribution in [3.05, 3.63) is 53.2 Å². The molecule has 0 saturated carbocycles.